The Morgan fingerprint density at radius 3 is 2.25 bits per heavy atom. The molecule has 0 aliphatic carbocycles. The van der Waals surface area contributed by atoms with Crippen LogP contribution in [0.5, 0.6) is 11.5 Å². The molecule has 0 saturated carbocycles. The van der Waals surface area contributed by atoms with Gasteiger partial charge < -0.3 is 14.8 Å². The lowest BCUT2D eigenvalue weighted by Crippen LogP contribution is -2.32. The highest BCUT2D eigenvalue weighted by Gasteiger charge is 2.20. The van der Waals surface area contributed by atoms with Gasteiger partial charge in [0.05, 0.1) is 14.2 Å². The van der Waals surface area contributed by atoms with Crippen molar-refractivity contribution in [2.45, 2.75) is 12.6 Å². The molecule has 1 amide bonds. The molecule has 0 radical (unpaired) electrons. The van der Waals surface area contributed by atoms with Crippen LogP contribution < -0.4 is 20.1 Å². The van der Waals surface area contributed by atoms with Gasteiger partial charge in [-0.25, -0.2) is 0 Å². The van der Waals surface area contributed by atoms with E-state index in [1.165, 1.54) is 0 Å². The Labute approximate surface area is 165 Å². The molecule has 3 aromatic carbocycles. The summed E-state index contributed by atoms with van der Waals surface area (Å²) in [6, 6.07) is 24.3. The van der Waals surface area contributed by atoms with Crippen molar-refractivity contribution in [3.05, 3.63) is 90.0 Å². The molecule has 0 aromatic heterocycles. The van der Waals surface area contributed by atoms with Crippen LogP contribution in [0.25, 0.3) is 0 Å². The minimum Gasteiger partial charge on any atom is -0.497 e. The van der Waals surface area contributed by atoms with Gasteiger partial charge in [0.1, 0.15) is 17.5 Å². The normalized spacial score (nSPS) is 11.5. The lowest BCUT2D eigenvalue weighted by Gasteiger charge is -2.19. The first-order valence-corrected chi connectivity index (χ1v) is 9.06. The van der Waals surface area contributed by atoms with E-state index in [0.29, 0.717) is 18.0 Å². The monoisotopic (exact) mass is 376 g/mol. The first-order chi connectivity index (χ1) is 13.7. The van der Waals surface area contributed by atoms with Gasteiger partial charge in [0, 0.05) is 18.3 Å². The number of ether oxygens (including phenoxy) is 2. The minimum absolute atomic E-state index is 0.132. The lowest BCUT2D eigenvalue weighted by molar-refractivity contribution is -0.118. The van der Waals surface area contributed by atoms with Gasteiger partial charge in [-0.05, 0) is 35.4 Å². The van der Waals surface area contributed by atoms with E-state index in [9.17, 15) is 4.79 Å². The van der Waals surface area contributed by atoms with Gasteiger partial charge in [-0.15, -0.1) is 0 Å². The molecule has 1 unspecified atom stereocenters. The lowest BCUT2D eigenvalue weighted by atomic mass is 10.1. The number of hydrogen-bond acceptors (Lipinski definition) is 4. The molecular formula is C23H24N2O3. The maximum absolute atomic E-state index is 13.0. The highest BCUT2D eigenvalue weighted by atomic mass is 16.5. The Hall–Kier alpha value is -3.31. The number of benzene rings is 3. The van der Waals surface area contributed by atoms with Crippen LogP contribution in [0.1, 0.15) is 17.2 Å². The van der Waals surface area contributed by atoms with E-state index in [1.807, 2.05) is 72.8 Å². The van der Waals surface area contributed by atoms with Crippen molar-refractivity contribution in [3.63, 3.8) is 0 Å². The second kappa shape index (κ2) is 9.58. The molecular weight excluding hydrogens is 352 g/mol. The first kappa shape index (κ1) is 19.5. The smallest absolute Gasteiger partial charge is 0.246 e. The van der Waals surface area contributed by atoms with Crippen molar-refractivity contribution in [1.82, 2.24) is 5.32 Å². The Kier molecular flexibility index (Phi) is 6.65. The zero-order valence-corrected chi connectivity index (χ0v) is 16.0. The van der Waals surface area contributed by atoms with Crippen LogP contribution in [-0.2, 0) is 11.3 Å². The Bertz CT molecular complexity index is 895. The Morgan fingerprint density at radius 2 is 1.57 bits per heavy atom. The molecule has 144 valence electrons. The number of methoxy groups -OCH3 is 2. The summed E-state index contributed by atoms with van der Waals surface area (Å²) in [4.78, 5) is 13.0. The zero-order chi connectivity index (χ0) is 19.8. The third kappa shape index (κ3) is 5.11. The molecule has 0 spiro atoms. The van der Waals surface area contributed by atoms with E-state index in [4.69, 9.17) is 9.47 Å². The average molecular weight is 376 g/mol. The molecule has 5 heteroatoms. The largest absolute Gasteiger partial charge is 0.497 e. The van der Waals surface area contributed by atoms with Gasteiger partial charge in [-0.3, -0.25) is 10.1 Å². The van der Waals surface area contributed by atoms with Crippen molar-refractivity contribution in [2.75, 3.05) is 19.5 Å². The van der Waals surface area contributed by atoms with Gasteiger partial charge in [-0.1, -0.05) is 48.5 Å². The number of carbonyl (C=O) groups is 1. The number of rotatable bonds is 8. The maximum Gasteiger partial charge on any atom is 0.246 e. The Morgan fingerprint density at radius 1 is 0.857 bits per heavy atom. The van der Waals surface area contributed by atoms with Gasteiger partial charge in [0.15, 0.2) is 0 Å². The molecule has 0 heterocycles. The summed E-state index contributed by atoms with van der Waals surface area (Å²) >= 11 is 0. The predicted molar refractivity (Wildman–Crippen MR) is 111 cm³/mol. The van der Waals surface area contributed by atoms with Crippen molar-refractivity contribution in [1.29, 1.82) is 0 Å². The first-order valence-electron chi connectivity index (χ1n) is 9.06. The highest BCUT2D eigenvalue weighted by Crippen LogP contribution is 2.20. The van der Waals surface area contributed by atoms with E-state index in [1.54, 1.807) is 20.3 Å². The maximum atomic E-state index is 13.0. The van der Waals surface area contributed by atoms with E-state index in [2.05, 4.69) is 10.6 Å². The summed E-state index contributed by atoms with van der Waals surface area (Å²) in [5, 5.41) is 6.32. The highest BCUT2D eigenvalue weighted by molar-refractivity contribution is 5.95. The van der Waals surface area contributed by atoms with Gasteiger partial charge in [0.25, 0.3) is 0 Å². The molecule has 1 atom stereocenters. The molecule has 3 rings (SSSR count). The molecule has 0 aliphatic rings. The van der Waals surface area contributed by atoms with Gasteiger partial charge in [-0.2, -0.15) is 0 Å². The summed E-state index contributed by atoms with van der Waals surface area (Å²) < 4.78 is 10.4. The van der Waals surface area contributed by atoms with Crippen LogP contribution in [0.15, 0.2) is 78.9 Å². The predicted octanol–water partition coefficient (Wildman–Crippen LogP) is 4.17. The van der Waals surface area contributed by atoms with Crippen LogP contribution in [0, 0.1) is 0 Å². The zero-order valence-electron chi connectivity index (χ0n) is 16.0. The topological polar surface area (TPSA) is 59.6 Å². The second-order valence-electron chi connectivity index (χ2n) is 6.29. The van der Waals surface area contributed by atoms with Crippen LogP contribution in [0.3, 0.4) is 0 Å². The number of amides is 1. The minimum atomic E-state index is -0.491. The van der Waals surface area contributed by atoms with Crippen molar-refractivity contribution < 1.29 is 14.3 Å². The number of carbonyl (C=O) groups excluding carboxylic acids is 1. The summed E-state index contributed by atoms with van der Waals surface area (Å²) in [6.07, 6.45) is 0. The van der Waals surface area contributed by atoms with Crippen LogP contribution >= 0.6 is 0 Å². The fraction of sp³-hybridized carbons (Fsp3) is 0.174. The summed E-state index contributed by atoms with van der Waals surface area (Å²) in [7, 11) is 3.24. The van der Waals surface area contributed by atoms with Gasteiger partial charge >= 0.3 is 0 Å². The molecule has 3 aromatic rings. The summed E-state index contributed by atoms with van der Waals surface area (Å²) in [6.45, 7) is 0.551. The number of anilines is 1. The van der Waals surface area contributed by atoms with Crippen LogP contribution in [-0.4, -0.2) is 20.1 Å². The standard InChI is InChI=1S/C23H24N2O3/c1-27-20-13-11-17(12-14-20)16-24-22(18-7-4-3-5-8-18)23(26)25-19-9-6-10-21(15-19)28-2/h3-15,22,24H,16H2,1-2H3,(H,25,26). The van der Waals surface area contributed by atoms with E-state index in [-0.39, 0.29) is 5.91 Å². The number of nitrogens with one attached hydrogen (secondary N) is 2. The fourth-order valence-electron chi connectivity index (χ4n) is 2.89. The quantitative estimate of drug-likeness (QED) is 0.619. The van der Waals surface area contributed by atoms with Crippen molar-refractivity contribution >= 4 is 11.6 Å². The number of hydrogen-bond donors (Lipinski definition) is 2. The third-order valence-corrected chi connectivity index (χ3v) is 4.40. The molecule has 28 heavy (non-hydrogen) atoms. The fourth-order valence-corrected chi connectivity index (χ4v) is 2.89. The Balaban J connectivity index is 1.75. The molecule has 5 nitrogen and oxygen atoms in total. The van der Waals surface area contributed by atoms with E-state index >= 15 is 0 Å². The molecule has 0 aliphatic heterocycles. The third-order valence-electron chi connectivity index (χ3n) is 4.40. The van der Waals surface area contributed by atoms with Crippen molar-refractivity contribution in [2.24, 2.45) is 0 Å². The summed E-state index contributed by atoms with van der Waals surface area (Å²) in [5.41, 5.74) is 2.66. The van der Waals surface area contributed by atoms with Gasteiger partial charge in [0.2, 0.25) is 5.91 Å². The molecule has 0 fully saturated rings. The molecule has 2 N–H and O–H groups in total. The van der Waals surface area contributed by atoms with Crippen molar-refractivity contribution in [3.8, 4) is 11.5 Å². The van der Waals surface area contributed by atoms with E-state index in [0.717, 1.165) is 16.9 Å². The van der Waals surface area contributed by atoms with E-state index < -0.39 is 6.04 Å². The molecule has 0 bridgehead atoms. The SMILES string of the molecule is COc1ccc(CNC(C(=O)Nc2cccc(OC)c2)c2ccccc2)cc1. The van der Waals surface area contributed by atoms with Crippen LogP contribution in [0.2, 0.25) is 0 Å². The second-order valence-corrected chi connectivity index (χ2v) is 6.29. The average Bonchev–Trinajstić information content (AvgIpc) is 2.75. The van der Waals surface area contributed by atoms with Crippen LogP contribution in [0.4, 0.5) is 5.69 Å². The molecule has 0 saturated heterocycles. The summed E-state index contributed by atoms with van der Waals surface area (Å²) in [5.74, 6) is 1.37.